The van der Waals surface area contributed by atoms with Gasteiger partial charge in [0, 0.05) is 22.6 Å². The molecule has 1 amide bonds. The molecule has 186 valence electrons. The first-order valence-corrected chi connectivity index (χ1v) is 12.4. The van der Waals surface area contributed by atoms with Crippen molar-refractivity contribution in [1.82, 2.24) is 9.88 Å². The fourth-order valence-corrected chi connectivity index (χ4v) is 4.89. The van der Waals surface area contributed by atoms with Gasteiger partial charge in [-0.3, -0.25) is 4.79 Å². The zero-order valence-corrected chi connectivity index (χ0v) is 21.0. The fourth-order valence-electron chi connectivity index (χ4n) is 4.05. The van der Waals surface area contributed by atoms with E-state index in [1.807, 2.05) is 50.3 Å². The van der Waals surface area contributed by atoms with Gasteiger partial charge in [-0.25, -0.2) is 13.8 Å². The molecule has 0 spiro atoms. The summed E-state index contributed by atoms with van der Waals surface area (Å²) >= 11 is 1.24. The molecule has 3 aromatic carbocycles. The predicted octanol–water partition coefficient (Wildman–Crippen LogP) is 6.84. The second-order valence-electron chi connectivity index (χ2n) is 8.49. The van der Waals surface area contributed by atoms with Crippen LogP contribution in [0.4, 0.5) is 14.5 Å². The molecule has 1 N–H and O–H groups in total. The van der Waals surface area contributed by atoms with E-state index in [1.54, 1.807) is 30.3 Å². The number of rotatable bonds is 6. The highest BCUT2D eigenvalue weighted by Gasteiger charge is 2.24. The molecule has 5 nitrogen and oxygen atoms in total. The molecule has 0 radical (unpaired) electrons. The molecule has 0 atom stereocenters. The van der Waals surface area contributed by atoms with Crippen molar-refractivity contribution < 1.29 is 18.3 Å². The third-order valence-electron chi connectivity index (χ3n) is 5.91. The maximum absolute atomic E-state index is 13.8. The first kappa shape index (κ1) is 24.5. The number of halogens is 2. The lowest BCUT2D eigenvalue weighted by Gasteiger charge is -2.12. The Bertz CT molecular complexity index is 1520. The summed E-state index contributed by atoms with van der Waals surface area (Å²) in [7, 11) is 0. The molecule has 0 aliphatic carbocycles. The largest absolute Gasteiger partial charge is 0.489 e. The van der Waals surface area contributed by atoms with Gasteiger partial charge in [-0.05, 0) is 97.9 Å². The normalized spacial score (nSPS) is 15.4. The minimum atomic E-state index is -0.340. The van der Waals surface area contributed by atoms with Crippen LogP contribution in [0.1, 0.15) is 22.5 Å². The molecule has 5 rings (SSSR count). The summed E-state index contributed by atoms with van der Waals surface area (Å²) in [5.74, 6) is -0.217. The van der Waals surface area contributed by atoms with Crippen molar-refractivity contribution in [2.45, 2.75) is 20.5 Å². The molecule has 1 fully saturated rings. The number of amidine groups is 1. The smallest absolute Gasteiger partial charge is 0.264 e. The second-order valence-corrected chi connectivity index (χ2v) is 9.52. The molecule has 1 saturated heterocycles. The first-order valence-electron chi connectivity index (χ1n) is 11.6. The highest BCUT2D eigenvalue weighted by Crippen LogP contribution is 2.31. The Labute approximate surface area is 217 Å². The van der Waals surface area contributed by atoms with Crippen LogP contribution < -0.4 is 10.1 Å². The van der Waals surface area contributed by atoms with Crippen molar-refractivity contribution in [3.8, 4) is 11.4 Å². The van der Waals surface area contributed by atoms with Gasteiger partial charge in [-0.2, -0.15) is 0 Å². The minimum absolute atomic E-state index is 0.150. The number of aliphatic imine (C=N–C) groups is 1. The summed E-state index contributed by atoms with van der Waals surface area (Å²) in [5, 5.41) is 3.21. The Morgan fingerprint density at radius 3 is 2.46 bits per heavy atom. The van der Waals surface area contributed by atoms with Crippen molar-refractivity contribution >= 4 is 34.6 Å². The Morgan fingerprint density at radius 1 is 1.00 bits per heavy atom. The van der Waals surface area contributed by atoms with Gasteiger partial charge in [-0.1, -0.05) is 18.2 Å². The van der Waals surface area contributed by atoms with E-state index in [-0.39, 0.29) is 24.1 Å². The number of carbonyl (C=O) groups excluding carboxylic acids is 1. The summed E-state index contributed by atoms with van der Waals surface area (Å²) in [6.45, 7) is 4.14. The molecule has 8 heteroatoms. The Balaban J connectivity index is 1.32. The Hall–Kier alpha value is -4.17. The lowest BCUT2D eigenvalue weighted by atomic mass is 10.2. The van der Waals surface area contributed by atoms with Crippen LogP contribution in [0.2, 0.25) is 0 Å². The summed E-state index contributed by atoms with van der Waals surface area (Å²) in [4.78, 5) is 17.5. The molecule has 2 heterocycles. The van der Waals surface area contributed by atoms with Crippen LogP contribution in [-0.2, 0) is 11.4 Å². The zero-order chi connectivity index (χ0) is 25.9. The van der Waals surface area contributed by atoms with E-state index in [4.69, 9.17) is 4.74 Å². The summed E-state index contributed by atoms with van der Waals surface area (Å²) in [6, 6.07) is 21.9. The van der Waals surface area contributed by atoms with Crippen molar-refractivity contribution in [3.63, 3.8) is 0 Å². The number of carbonyl (C=O) groups is 1. The third-order valence-corrected chi connectivity index (χ3v) is 6.82. The summed E-state index contributed by atoms with van der Waals surface area (Å²) < 4.78 is 34.8. The van der Waals surface area contributed by atoms with E-state index in [1.165, 1.54) is 30.0 Å². The van der Waals surface area contributed by atoms with Crippen LogP contribution in [-0.4, -0.2) is 15.6 Å². The first-order chi connectivity index (χ1) is 17.9. The average Bonchev–Trinajstić information content (AvgIpc) is 3.37. The standard InChI is InChI=1S/C29H23F2N3O2S/c1-18-15-21(16-27-28(35)33-29(37-27)32-23-9-7-22(30)8-10-23)19(2)34(18)24-11-13-25(14-12-24)36-17-20-5-3-4-6-26(20)31/h3-16H,17H2,1-2H3,(H,32,33,35)/b27-16-. The lowest BCUT2D eigenvalue weighted by Crippen LogP contribution is -2.19. The number of nitrogens with zero attached hydrogens (tertiary/aromatic N) is 2. The van der Waals surface area contributed by atoms with Gasteiger partial charge < -0.3 is 14.6 Å². The highest BCUT2D eigenvalue weighted by atomic mass is 32.2. The number of nitrogens with one attached hydrogen (secondary N) is 1. The van der Waals surface area contributed by atoms with Crippen LogP contribution >= 0.6 is 11.8 Å². The SMILES string of the molecule is Cc1cc(/C=C2\SC(=Nc3ccc(F)cc3)NC2=O)c(C)n1-c1ccc(OCc2ccccc2F)cc1. The molecular formula is C29H23F2N3O2S. The molecular weight excluding hydrogens is 492 g/mol. The number of aryl methyl sites for hydroxylation is 1. The molecule has 1 aliphatic rings. The molecule has 0 unspecified atom stereocenters. The molecule has 4 aromatic rings. The van der Waals surface area contributed by atoms with Crippen molar-refractivity contribution in [3.05, 3.63) is 118 Å². The molecule has 37 heavy (non-hydrogen) atoms. The topological polar surface area (TPSA) is 55.6 Å². The van der Waals surface area contributed by atoms with Gasteiger partial charge in [0.05, 0.1) is 10.6 Å². The monoisotopic (exact) mass is 515 g/mol. The number of hydrogen-bond acceptors (Lipinski definition) is 4. The molecule has 0 saturated carbocycles. The number of hydrogen-bond donors (Lipinski definition) is 1. The van der Waals surface area contributed by atoms with E-state index in [0.29, 0.717) is 27.1 Å². The maximum atomic E-state index is 13.8. The maximum Gasteiger partial charge on any atom is 0.264 e. The van der Waals surface area contributed by atoms with Crippen molar-refractivity contribution in [2.75, 3.05) is 0 Å². The average molecular weight is 516 g/mol. The minimum Gasteiger partial charge on any atom is -0.489 e. The van der Waals surface area contributed by atoms with Crippen molar-refractivity contribution in [2.24, 2.45) is 4.99 Å². The van der Waals surface area contributed by atoms with Crippen LogP contribution in [0.3, 0.4) is 0 Å². The summed E-state index contributed by atoms with van der Waals surface area (Å²) in [6.07, 6.45) is 1.85. The third kappa shape index (κ3) is 5.49. The van der Waals surface area contributed by atoms with Gasteiger partial charge in [0.25, 0.3) is 5.91 Å². The molecule has 1 aromatic heterocycles. The van der Waals surface area contributed by atoms with Crippen LogP contribution in [0.15, 0.2) is 88.8 Å². The van der Waals surface area contributed by atoms with Gasteiger partial charge in [0.1, 0.15) is 24.0 Å². The number of aromatic nitrogens is 1. The van der Waals surface area contributed by atoms with E-state index in [0.717, 1.165) is 22.6 Å². The van der Waals surface area contributed by atoms with E-state index in [9.17, 15) is 13.6 Å². The van der Waals surface area contributed by atoms with Crippen LogP contribution in [0.25, 0.3) is 11.8 Å². The molecule has 0 bridgehead atoms. The van der Waals surface area contributed by atoms with Crippen LogP contribution in [0.5, 0.6) is 5.75 Å². The van der Waals surface area contributed by atoms with Gasteiger partial charge in [-0.15, -0.1) is 0 Å². The lowest BCUT2D eigenvalue weighted by molar-refractivity contribution is -0.115. The van der Waals surface area contributed by atoms with E-state index in [2.05, 4.69) is 14.9 Å². The zero-order valence-electron chi connectivity index (χ0n) is 20.2. The van der Waals surface area contributed by atoms with Crippen LogP contribution in [0, 0.1) is 25.5 Å². The van der Waals surface area contributed by atoms with E-state index < -0.39 is 0 Å². The van der Waals surface area contributed by atoms with E-state index >= 15 is 0 Å². The number of amides is 1. The quantitative estimate of drug-likeness (QED) is 0.286. The van der Waals surface area contributed by atoms with Gasteiger partial charge >= 0.3 is 0 Å². The van der Waals surface area contributed by atoms with Gasteiger partial charge in [0.15, 0.2) is 5.17 Å². The second kappa shape index (κ2) is 10.4. The number of ether oxygens (including phenoxy) is 1. The summed E-state index contributed by atoms with van der Waals surface area (Å²) in [5.41, 5.74) is 4.90. The molecule has 1 aliphatic heterocycles. The fraction of sp³-hybridized carbons (Fsp3) is 0.103. The Kier molecular flexibility index (Phi) is 6.92. The highest BCUT2D eigenvalue weighted by molar-refractivity contribution is 8.18. The number of thioether (sulfide) groups is 1. The predicted molar refractivity (Wildman–Crippen MR) is 143 cm³/mol. The van der Waals surface area contributed by atoms with Gasteiger partial charge in [0.2, 0.25) is 0 Å². The Morgan fingerprint density at radius 2 is 1.73 bits per heavy atom. The number of benzene rings is 3. The van der Waals surface area contributed by atoms with Crippen molar-refractivity contribution in [1.29, 1.82) is 0 Å².